The molecular weight excluding hydrogens is 414 g/mol. The van der Waals surface area contributed by atoms with E-state index < -0.39 is 0 Å². The number of carbonyl (C=O) groups is 1. The van der Waals surface area contributed by atoms with Gasteiger partial charge in [-0.25, -0.2) is 4.98 Å². The molecule has 0 saturated heterocycles. The van der Waals surface area contributed by atoms with Crippen LogP contribution in [0.4, 0.5) is 11.4 Å². The molecule has 1 amide bonds. The van der Waals surface area contributed by atoms with Crippen molar-refractivity contribution >= 4 is 28.3 Å². The summed E-state index contributed by atoms with van der Waals surface area (Å²) in [5.41, 5.74) is 4.39. The molecule has 168 valence electrons. The lowest BCUT2D eigenvalue weighted by Crippen LogP contribution is -2.33. The quantitative estimate of drug-likeness (QED) is 0.414. The summed E-state index contributed by atoms with van der Waals surface area (Å²) < 4.78 is 8.05. The molecule has 4 aromatic rings. The van der Waals surface area contributed by atoms with E-state index in [2.05, 4.69) is 38.8 Å². The van der Waals surface area contributed by atoms with Gasteiger partial charge in [0.25, 0.3) is 5.91 Å². The number of nitrogens with zero attached hydrogens (tertiary/aromatic N) is 4. The van der Waals surface area contributed by atoms with Crippen LogP contribution in [-0.2, 0) is 13.1 Å². The first kappa shape index (κ1) is 21.0. The molecule has 2 aromatic heterocycles. The van der Waals surface area contributed by atoms with Gasteiger partial charge in [0.15, 0.2) is 0 Å². The molecule has 33 heavy (non-hydrogen) atoms. The van der Waals surface area contributed by atoms with Gasteiger partial charge < -0.3 is 19.5 Å². The predicted molar refractivity (Wildman–Crippen MR) is 130 cm³/mol. The normalized spacial score (nSPS) is 13.1. The largest absolute Gasteiger partial charge is 0.494 e. The van der Waals surface area contributed by atoms with Crippen LogP contribution in [0, 0.1) is 0 Å². The molecule has 0 saturated carbocycles. The van der Waals surface area contributed by atoms with E-state index in [0.717, 1.165) is 67.4 Å². The second-order valence-corrected chi connectivity index (χ2v) is 8.20. The molecule has 0 aliphatic carbocycles. The molecule has 2 aromatic carbocycles. The minimum Gasteiger partial charge on any atom is -0.494 e. The Kier molecular flexibility index (Phi) is 5.93. The Morgan fingerprint density at radius 1 is 1.12 bits per heavy atom. The highest BCUT2D eigenvalue weighted by Gasteiger charge is 2.21. The minimum absolute atomic E-state index is 0.181. The number of hydrogen-bond donors (Lipinski definition) is 1. The van der Waals surface area contributed by atoms with Crippen LogP contribution in [0.5, 0.6) is 5.75 Å². The Morgan fingerprint density at radius 2 is 2.00 bits per heavy atom. The number of hydrogen-bond acceptors (Lipinski definition) is 5. The Labute approximate surface area is 193 Å². The molecule has 0 spiro atoms. The molecular formula is C26H27N5O2. The summed E-state index contributed by atoms with van der Waals surface area (Å²) in [5, 5.41) is 2.94. The molecule has 0 radical (unpaired) electrons. The number of fused-ring (bicyclic) bond motifs is 3. The van der Waals surface area contributed by atoms with Crippen molar-refractivity contribution < 1.29 is 9.53 Å². The fourth-order valence-electron chi connectivity index (χ4n) is 4.11. The van der Waals surface area contributed by atoms with Crippen LogP contribution in [0.1, 0.15) is 35.9 Å². The average Bonchev–Trinajstić information content (AvgIpc) is 3.22. The fraction of sp³-hybridized carbons (Fsp3) is 0.269. The number of nitrogens with one attached hydrogen (secondary N) is 1. The van der Waals surface area contributed by atoms with E-state index in [-0.39, 0.29) is 5.91 Å². The number of amides is 1. The van der Waals surface area contributed by atoms with E-state index in [4.69, 9.17) is 9.72 Å². The SMILES string of the molecule is CCCCOc1ccc(N2CCn3c(nc4cc(NC(=O)c5cccnc5)ccc43)C2)cc1. The summed E-state index contributed by atoms with van der Waals surface area (Å²) in [6.45, 7) is 5.43. The monoisotopic (exact) mass is 441 g/mol. The van der Waals surface area contributed by atoms with Crippen LogP contribution in [0.25, 0.3) is 11.0 Å². The van der Waals surface area contributed by atoms with E-state index in [1.54, 1.807) is 24.5 Å². The van der Waals surface area contributed by atoms with Gasteiger partial charge in [-0.2, -0.15) is 0 Å². The number of ether oxygens (including phenoxy) is 1. The molecule has 1 aliphatic heterocycles. The first-order valence-corrected chi connectivity index (χ1v) is 11.4. The zero-order valence-corrected chi connectivity index (χ0v) is 18.7. The first-order valence-electron chi connectivity index (χ1n) is 11.4. The number of unbranched alkanes of at least 4 members (excludes halogenated alkanes) is 1. The Morgan fingerprint density at radius 3 is 2.79 bits per heavy atom. The third kappa shape index (κ3) is 4.53. The van der Waals surface area contributed by atoms with Crippen molar-refractivity contribution in [1.82, 2.24) is 14.5 Å². The van der Waals surface area contributed by atoms with Crippen molar-refractivity contribution in [1.29, 1.82) is 0 Å². The van der Waals surface area contributed by atoms with Gasteiger partial charge in [-0.1, -0.05) is 13.3 Å². The van der Waals surface area contributed by atoms with Crippen LogP contribution in [-0.4, -0.2) is 33.6 Å². The summed E-state index contributed by atoms with van der Waals surface area (Å²) in [7, 11) is 0. The number of rotatable bonds is 7. The summed E-state index contributed by atoms with van der Waals surface area (Å²) >= 11 is 0. The summed E-state index contributed by atoms with van der Waals surface area (Å²) in [6, 6.07) is 17.7. The van der Waals surface area contributed by atoms with Crippen molar-refractivity contribution in [3.05, 3.63) is 78.4 Å². The van der Waals surface area contributed by atoms with E-state index in [1.165, 1.54) is 5.69 Å². The van der Waals surface area contributed by atoms with Crippen molar-refractivity contribution in [3.8, 4) is 5.75 Å². The molecule has 1 N–H and O–H groups in total. The molecule has 0 unspecified atom stereocenters. The lowest BCUT2D eigenvalue weighted by molar-refractivity contribution is 0.102. The first-order chi connectivity index (χ1) is 16.2. The maximum Gasteiger partial charge on any atom is 0.257 e. The standard InChI is InChI=1S/C26H27N5O2/c1-2-3-15-33-22-9-7-21(8-10-22)30-13-14-31-24-11-6-20(16-23(24)29-25(31)18-30)28-26(32)19-5-4-12-27-17-19/h4-12,16-17H,2-3,13-15,18H2,1H3,(H,28,32). The lowest BCUT2D eigenvalue weighted by atomic mass is 10.2. The third-order valence-electron chi connectivity index (χ3n) is 5.90. The number of aromatic nitrogens is 3. The van der Waals surface area contributed by atoms with Crippen molar-refractivity contribution in [2.75, 3.05) is 23.4 Å². The lowest BCUT2D eigenvalue weighted by Gasteiger charge is -2.30. The summed E-state index contributed by atoms with van der Waals surface area (Å²) in [4.78, 5) is 23.7. The predicted octanol–water partition coefficient (Wildman–Crippen LogP) is 4.88. The number of benzene rings is 2. The molecule has 5 rings (SSSR count). The van der Waals surface area contributed by atoms with Gasteiger partial charge >= 0.3 is 0 Å². The topological polar surface area (TPSA) is 72.3 Å². The van der Waals surface area contributed by atoms with E-state index in [0.29, 0.717) is 5.56 Å². The number of anilines is 2. The van der Waals surface area contributed by atoms with Crippen molar-refractivity contribution in [2.24, 2.45) is 0 Å². The minimum atomic E-state index is -0.181. The maximum absolute atomic E-state index is 12.4. The van der Waals surface area contributed by atoms with Crippen LogP contribution >= 0.6 is 0 Å². The smallest absolute Gasteiger partial charge is 0.257 e. The molecule has 0 atom stereocenters. The molecule has 1 aliphatic rings. The van der Waals surface area contributed by atoms with Crippen LogP contribution in [0.2, 0.25) is 0 Å². The maximum atomic E-state index is 12.4. The van der Waals surface area contributed by atoms with Gasteiger partial charge in [0.2, 0.25) is 0 Å². The van der Waals surface area contributed by atoms with E-state index in [9.17, 15) is 4.79 Å². The number of imidazole rings is 1. The Balaban J connectivity index is 1.30. The van der Waals surface area contributed by atoms with Crippen LogP contribution in [0.15, 0.2) is 67.0 Å². The highest BCUT2D eigenvalue weighted by atomic mass is 16.5. The van der Waals surface area contributed by atoms with Gasteiger partial charge in [0.05, 0.1) is 29.7 Å². The van der Waals surface area contributed by atoms with Crippen LogP contribution in [0.3, 0.4) is 0 Å². The highest BCUT2D eigenvalue weighted by Crippen LogP contribution is 2.27. The number of pyridine rings is 1. The van der Waals surface area contributed by atoms with Gasteiger partial charge in [-0.05, 0) is 61.0 Å². The van der Waals surface area contributed by atoms with Gasteiger partial charge in [-0.15, -0.1) is 0 Å². The van der Waals surface area contributed by atoms with E-state index in [1.807, 2.05) is 30.3 Å². The molecule has 7 nitrogen and oxygen atoms in total. The van der Waals surface area contributed by atoms with Crippen molar-refractivity contribution in [3.63, 3.8) is 0 Å². The van der Waals surface area contributed by atoms with Gasteiger partial charge in [0.1, 0.15) is 11.6 Å². The Hall–Kier alpha value is -3.87. The average molecular weight is 442 g/mol. The molecule has 3 heterocycles. The fourth-order valence-corrected chi connectivity index (χ4v) is 4.11. The van der Waals surface area contributed by atoms with Crippen LogP contribution < -0.4 is 15.0 Å². The Bertz CT molecular complexity index is 1250. The zero-order chi connectivity index (χ0) is 22.6. The second kappa shape index (κ2) is 9.32. The third-order valence-corrected chi connectivity index (χ3v) is 5.90. The summed E-state index contributed by atoms with van der Waals surface area (Å²) in [6.07, 6.45) is 5.41. The molecule has 0 fully saturated rings. The summed E-state index contributed by atoms with van der Waals surface area (Å²) in [5.74, 6) is 1.76. The molecule has 0 bridgehead atoms. The van der Waals surface area contributed by atoms with Gasteiger partial charge in [0, 0.05) is 36.9 Å². The van der Waals surface area contributed by atoms with E-state index >= 15 is 0 Å². The zero-order valence-electron chi connectivity index (χ0n) is 18.7. The second-order valence-electron chi connectivity index (χ2n) is 8.20. The highest BCUT2D eigenvalue weighted by molar-refractivity contribution is 6.04. The van der Waals surface area contributed by atoms with Crippen molar-refractivity contribution in [2.45, 2.75) is 32.9 Å². The number of carbonyl (C=O) groups excluding carboxylic acids is 1. The van der Waals surface area contributed by atoms with Gasteiger partial charge in [-0.3, -0.25) is 9.78 Å². The molecule has 7 heteroatoms.